The molecule has 0 aliphatic carbocycles. The van der Waals surface area contributed by atoms with E-state index in [-0.39, 0.29) is 0 Å². The highest BCUT2D eigenvalue weighted by molar-refractivity contribution is 7.27. The third-order valence-corrected chi connectivity index (χ3v) is 9.08. The van der Waals surface area contributed by atoms with E-state index in [1.807, 2.05) is 46.1 Å². The molecule has 0 N–H and O–H groups in total. The van der Waals surface area contributed by atoms with E-state index in [4.69, 9.17) is 9.97 Å². The Bertz CT molecular complexity index is 1460. The van der Waals surface area contributed by atoms with E-state index in [1.165, 1.54) is 29.3 Å². The Morgan fingerprint density at radius 2 is 0.909 bits per heavy atom. The molecule has 5 heteroatoms. The minimum atomic E-state index is 0.926. The van der Waals surface area contributed by atoms with Crippen molar-refractivity contribution < 1.29 is 0 Å². The van der Waals surface area contributed by atoms with Gasteiger partial charge in [0, 0.05) is 30.6 Å². The Hall–Kier alpha value is -3.12. The fraction of sp³-hybridized carbons (Fsp3) is 0.0714. The molecule has 0 saturated heterocycles. The summed E-state index contributed by atoms with van der Waals surface area (Å²) in [7, 11) is 0. The monoisotopic (exact) mass is 480 g/mol. The number of nitrogens with zero attached hydrogens (tertiary/aromatic N) is 2. The zero-order chi connectivity index (χ0) is 22.4. The smallest absolute Gasteiger partial charge is 0.110 e. The van der Waals surface area contributed by atoms with Gasteiger partial charge in [0.15, 0.2) is 0 Å². The second-order valence-corrected chi connectivity index (χ2v) is 11.5. The summed E-state index contributed by atoms with van der Waals surface area (Å²) in [5.74, 6) is 0. The Morgan fingerprint density at radius 1 is 0.485 bits per heavy atom. The van der Waals surface area contributed by atoms with Crippen LogP contribution in [0.3, 0.4) is 0 Å². The van der Waals surface area contributed by atoms with Gasteiger partial charge in [-0.1, -0.05) is 60.7 Å². The first-order valence-electron chi connectivity index (χ1n) is 10.8. The molecule has 160 valence electrons. The van der Waals surface area contributed by atoms with Gasteiger partial charge in [-0.25, -0.2) is 9.97 Å². The van der Waals surface area contributed by atoms with Crippen LogP contribution in [-0.2, 0) is 0 Å². The van der Waals surface area contributed by atoms with Gasteiger partial charge in [0.1, 0.15) is 11.0 Å². The van der Waals surface area contributed by atoms with Crippen LogP contribution in [0.1, 0.15) is 9.75 Å². The predicted molar refractivity (Wildman–Crippen MR) is 144 cm³/mol. The van der Waals surface area contributed by atoms with Gasteiger partial charge in [0.2, 0.25) is 0 Å². The van der Waals surface area contributed by atoms with E-state index in [2.05, 4.69) is 86.6 Å². The van der Waals surface area contributed by atoms with Gasteiger partial charge in [-0.3, -0.25) is 0 Å². The van der Waals surface area contributed by atoms with Crippen molar-refractivity contribution in [2.45, 2.75) is 13.8 Å². The Morgan fingerprint density at radius 3 is 1.27 bits per heavy atom. The second-order valence-electron chi connectivity index (χ2n) is 7.93. The number of aromatic nitrogens is 2. The molecule has 0 spiro atoms. The summed E-state index contributed by atoms with van der Waals surface area (Å²) in [5.41, 5.74) is 5.99. The first kappa shape index (κ1) is 20.5. The molecule has 6 aromatic rings. The van der Waals surface area contributed by atoms with E-state index in [1.54, 1.807) is 0 Å². The maximum Gasteiger partial charge on any atom is 0.110 e. The SMILES string of the molecule is Cc1ccc(-c2sc(-c3ccc(C)s3)c3nc(-c4ccccc4)c(-c4ccccc4)nc23)s1. The van der Waals surface area contributed by atoms with Crippen molar-refractivity contribution in [1.82, 2.24) is 9.97 Å². The average molecular weight is 481 g/mol. The van der Waals surface area contributed by atoms with Crippen molar-refractivity contribution in [3.63, 3.8) is 0 Å². The van der Waals surface area contributed by atoms with Gasteiger partial charge >= 0.3 is 0 Å². The molecule has 0 radical (unpaired) electrons. The van der Waals surface area contributed by atoms with E-state index in [0.717, 1.165) is 33.5 Å². The minimum absolute atomic E-state index is 0.926. The summed E-state index contributed by atoms with van der Waals surface area (Å²) in [5, 5.41) is 0. The van der Waals surface area contributed by atoms with E-state index >= 15 is 0 Å². The lowest BCUT2D eigenvalue weighted by Crippen LogP contribution is -1.95. The average Bonchev–Trinajstić information content (AvgIpc) is 3.57. The molecular weight excluding hydrogens is 461 g/mol. The standard InChI is InChI=1S/C28H20N2S3/c1-17-13-15-21(31-17)27-25-26(28(33-27)22-16-14-18(2)32-22)30-24(20-11-7-4-8-12-20)23(29-25)19-9-5-3-6-10-19/h3-16H,1-2H3. The molecule has 2 nitrogen and oxygen atoms in total. The van der Waals surface area contributed by atoms with Gasteiger partial charge in [-0.2, -0.15) is 0 Å². The van der Waals surface area contributed by atoms with Crippen LogP contribution in [0.25, 0.3) is 53.1 Å². The largest absolute Gasteiger partial charge is 0.242 e. The number of thiophene rings is 3. The summed E-state index contributed by atoms with van der Waals surface area (Å²) in [6.07, 6.45) is 0. The van der Waals surface area contributed by atoms with E-state index in [9.17, 15) is 0 Å². The van der Waals surface area contributed by atoms with E-state index < -0.39 is 0 Å². The van der Waals surface area contributed by atoms with Crippen LogP contribution < -0.4 is 0 Å². The van der Waals surface area contributed by atoms with Crippen molar-refractivity contribution >= 4 is 45.0 Å². The zero-order valence-electron chi connectivity index (χ0n) is 18.2. The lowest BCUT2D eigenvalue weighted by Gasteiger charge is -2.10. The number of hydrogen-bond acceptors (Lipinski definition) is 5. The molecule has 6 rings (SSSR count). The lowest BCUT2D eigenvalue weighted by molar-refractivity contribution is 1.30. The summed E-state index contributed by atoms with van der Waals surface area (Å²) in [4.78, 5) is 18.2. The zero-order valence-corrected chi connectivity index (χ0v) is 20.7. The van der Waals surface area contributed by atoms with Crippen molar-refractivity contribution in [2.75, 3.05) is 0 Å². The van der Waals surface area contributed by atoms with Crippen LogP contribution in [0.5, 0.6) is 0 Å². The molecule has 4 heterocycles. The third kappa shape index (κ3) is 3.72. The van der Waals surface area contributed by atoms with Crippen LogP contribution in [0.15, 0.2) is 84.9 Å². The summed E-state index contributed by atoms with van der Waals surface area (Å²) < 4.78 is 0. The molecule has 0 atom stereocenters. The molecule has 0 fully saturated rings. The predicted octanol–water partition coefficient (Wildman–Crippen LogP) is 9.10. The summed E-state index contributed by atoms with van der Waals surface area (Å²) >= 11 is 5.44. The van der Waals surface area contributed by atoms with Gasteiger partial charge in [0.25, 0.3) is 0 Å². The molecule has 0 amide bonds. The van der Waals surface area contributed by atoms with Gasteiger partial charge in [-0.05, 0) is 38.1 Å². The first-order valence-corrected chi connectivity index (χ1v) is 13.2. The van der Waals surface area contributed by atoms with Gasteiger partial charge < -0.3 is 0 Å². The summed E-state index contributed by atoms with van der Waals surface area (Å²) in [6.45, 7) is 4.31. The Labute approximate surface area is 204 Å². The van der Waals surface area contributed by atoms with E-state index in [0.29, 0.717) is 0 Å². The van der Waals surface area contributed by atoms with Gasteiger partial charge in [-0.15, -0.1) is 34.0 Å². The van der Waals surface area contributed by atoms with Crippen LogP contribution in [-0.4, -0.2) is 9.97 Å². The van der Waals surface area contributed by atoms with Crippen LogP contribution in [0.4, 0.5) is 0 Å². The molecular formula is C28H20N2S3. The molecule has 33 heavy (non-hydrogen) atoms. The van der Waals surface area contributed by atoms with Crippen LogP contribution >= 0.6 is 34.0 Å². The topological polar surface area (TPSA) is 25.8 Å². The molecule has 0 unspecified atom stereocenters. The molecule has 0 saturated carbocycles. The number of fused-ring (bicyclic) bond motifs is 1. The fourth-order valence-electron chi connectivity index (χ4n) is 3.99. The maximum absolute atomic E-state index is 5.32. The third-order valence-electron chi connectivity index (χ3n) is 5.55. The minimum Gasteiger partial charge on any atom is -0.242 e. The Kier molecular flexibility index (Phi) is 5.18. The molecule has 0 bridgehead atoms. The van der Waals surface area contributed by atoms with Crippen molar-refractivity contribution in [3.8, 4) is 42.0 Å². The van der Waals surface area contributed by atoms with Crippen molar-refractivity contribution in [3.05, 3.63) is 94.7 Å². The van der Waals surface area contributed by atoms with Crippen LogP contribution in [0.2, 0.25) is 0 Å². The van der Waals surface area contributed by atoms with Crippen molar-refractivity contribution in [1.29, 1.82) is 0 Å². The number of rotatable bonds is 4. The highest BCUT2D eigenvalue weighted by Gasteiger charge is 2.22. The first-order chi connectivity index (χ1) is 16.2. The number of aryl methyl sites for hydroxylation is 2. The van der Waals surface area contributed by atoms with Gasteiger partial charge in [0.05, 0.1) is 21.1 Å². The summed E-state index contributed by atoms with van der Waals surface area (Å²) in [6, 6.07) is 29.6. The second kappa shape index (κ2) is 8.34. The quantitative estimate of drug-likeness (QED) is 0.251. The molecule has 0 aliphatic heterocycles. The molecule has 2 aromatic carbocycles. The molecule has 0 aliphatic rings. The fourth-order valence-corrected chi connectivity index (χ4v) is 7.13. The number of benzene rings is 2. The highest BCUT2D eigenvalue weighted by atomic mass is 32.1. The number of hydrogen-bond donors (Lipinski definition) is 0. The lowest BCUT2D eigenvalue weighted by atomic mass is 10.0. The molecule has 4 aromatic heterocycles. The van der Waals surface area contributed by atoms with Crippen molar-refractivity contribution in [2.24, 2.45) is 0 Å². The highest BCUT2D eigenvalue weighted by Crippen LogP contribution is 2.47. The maximum atomic E-state index is 5.32. The normalized spacial score (nSPS) is 11.3. The Balaban J connectivity index is 1.71. The van der Waals surface area contributed by atoms with Crippen LogP contribution in [0, 0.1) is 13.8 Å².